The Morgan fingerprint density at radius 3 is 2.48 bits per heavy atom. The number of urea groups is 1. The van der Waals surface area contributed by atoms with Gasteiger partial charge in [0, 0.05) is 45.1 Å². The summed E-state index contributed by atoms with van der Waals surface area (Å²) in [6, 6.07) is 10.00. The Labute approximate surface area is 279 Å². The second-order valence-corrected chi connectivity index (χ2v) is 13.1. The van der Waals surface area contributed by atoms with E-state index in [1.54, 1.807) is 36.5 Å². The maximum atomic E-state index is 15.2. The first-order valence-corrected chi connectivity index (χ1v) is 15.8. The minimum atomic E-state index is -0.932. The number of ether oxygens (including phenoxy) is 2. The summed E-state index contributed by atoms with van der Waals surface area (Å²) in [5.41, 5.74) is 2.08. The summed E-state index contributed by atoms with van der Waals surface area (Å²) in [4.78, 5) is 36.8. The molecular formula is C34H35F3N6O4S. The van der Waals surface area contributed by atoms with Crippen LogP contribution in [0.4, 0.5) is 34.1 Å². The summed E-state index contributed by atoms with van der Waals surface area (Å²) in [7, 11) is 3.45. The lowest BCUT2D eigenvalue weighted by atomic mass is 10.0. The Morgan fingerprint density at radius 2 is 1.77 bits per heavy atom. The number of anilines is 2. The predicted molar refractivity (Wildman–Crippen MR) is 179 cm³/mol. The number of imidazole rings is 1. The van der Waals surface area contributed by atoms with Crippen LogP contribution >= 0.6 is 11.3 Å². The van der Waals surface area contributed by atoms with Gasteiger partial charge in [0.05, 0.1) is 45.8 Å². The summed E-state index contributed by atoms with van der Waals surface area (Å²) in [5.74, 6) is -1.56. The second kappa shape index (κ2) is 14.4. The summed E-state index contributed by atoms with van der Waals surface area (Å²) >= 11 is 1.48. The number of carbonyl (C=O) groups excluding carboxylic acids is 2. The highest BCUT2D eigenvalue weighted by molar-refractivity contribution is 7.22. The number of nitrogens with zero attached hydrogens (tertiary/aromatic N) is 4. The maximum Gasteiger partial charge on any atom is 0.410 e. The van der Waals surface area contributed by atoms with E-state index in [0.717, 1.165) is 38.5 Å². The maximum absolute atomic E-state index is 15.2. The zero-order valence-corrected chi connectivity index (χ0v) is 27.9. The number of methoxy groups -OCH3 is 1. The molecule has 5 rings (SSSR count). The highest BCUT2D eigenvalue weighted by atomic mass is 32.1. The van der Waals surface area contributed by atoms with Gasteiger partial charge < -0.3 is 29.6 Å². The standard InChI is InChI=1S/C34H35F3N6O4S/c1-34(2,3)47-33(45)43(12-13-46-5)19-24-18-39-31(42(24)4)29-17-28-30(48-29)21(10-11-38-28)14-20-6-8-23(16-25(20)36)40-32(44)41-27-9-7-22(35)15-26(27)37/h6-11,15-18H,12-14,19H2,1-5H3,(H2,40,41,44). The number of rotatable bonds is 10. The van der Waals surface area contributed by atoms with Crippen LogP contribution in [0.3, 0.4) is 0 Å². The molecule has 252 valence electrons. The van der Waals surface area contributed by atoms with Crippen molar-refractivity contribution in [2.75, 3.05) is 30.9 Å². The van der Waals surface area contributed by atoms with Crippen molar-refractivity contribution in [1.82, 2.24) is 19.4 Å². The van der Waals surface area contributed by atoms with Crippen molar-refractivity contribution in [3.63, 3.8) is 0 Å². The summed E-state index contributed by atoms with van der Waals surface area (Å²) in [6.45, 7) is 6.41. The van der Waals surface area contributed by atoms with Gasteiger partial charge in [-0.05, 0) is 68.3 Å². The third kappa shape index (κ3) is 8.30. The van der Waals surface area contributed by atoms with E-state index in [9.17, 15) is 18.4 Å². The molecule has 10 nitrogen and oxygen atoms in total. The molecule has 2 aromatic carbocycles. The molecule has 0 spiro atoms. The first-order valence-electron chi connectivity index (χ1n) is 15.0. The zero-order chi connectivity index (χ0) is 34.6. The Morgan fingerprint density at radius 1 is 0.979 bits per heavy atom. The average molecular weight is 681 g/mol. The molecule has 0 fully saturated rings. The van der Waals surface area contributed by atoms with Crippen LogP contribution in [0.5, 0.6) is 0 Å². The van der Waals surface area contributed by atoms with Gasteiger partial charge in [-0.2, -0.15) is 0 Å². The minimum absolute atomic E-state index is 0.160. The van der Waals surface area contributed by atoms with Gasteiger partial charge in [-0.3, -0.25) is 4.98 Å². The zero-order valence-electron chi connectivity index (χ0n) is 27.1. The SMILES string of the molecule is COCCN(Cc1cnc(-c2cc3nccc(Cc4ccc(NC(=O)Nc5ccc(F)cc5F)cc4F)c3s2)n1C)C(=O)OC(C)(C)C. The molecule has 2 N–H and O–H groups in total. The molecule has 14 heteroatoms. The molecule has 3 aromatic heterocycles. The van der Waals surface area contributed by atoms with Gasteiger partial charge in [0.15, 0.2) is 0 Å². The predicted octanol–water partition coefficient (Wildman–Crippen LogP) is 7.73. The number of amides is 3. The van der Waals surface area contributed by atoms with Crippen molar-refractivity contribution in [3.05, 3.63) is 95.2 Å². The number of hydrogen-bond acceptors (Lipinski definition) is 7. The quantitative estimate of drug-likeness (QED) is 0.156. The van der Waals surface area contributed by atoms with Crippen LogP contribution in [-0.2, 0) is 29.5 Å². The molecule has 0 unspecified atom stereocenters. The highest BCUT2D eigenvalue weighted by Crippen LogP contribution is 2.35. The fourth-order valence-electron chi connectivity index (χ4n) is 4.87. The van der Waals surface area contributed by atoms with E-state index >= 15 is 4.39 Å². The highest BCUT2D eigenvalue weighted by Gasteiger charge is 2.24. The minimum Gasteiger partial charge on any atom is -0.444 e. The van der Waals surface area contributed by atoms with Crippen LogP contribution in [0.2, 0.25) is 0 Å². The van der Waals surface area contributed by atoms with Gasteiger partial charge in [0.25, 0.3) is 0 Å². The molecule has 5 aromatic rings. The fraction of sp³-hybridized carbons (Fsp3) is 0.294. The Hall–Kier alpha value is -4.95. The molecule has 3 heterocycles. The van der Waals surface area contributed by atoms with Gasteiger partial charge in [-0.15, -0.1) is 11.3 Å². The molecule has 0 aliphatic rings. The number of carbonyl (C=O) groups is 2. The summed E-state index contributed by atoms with van der Waals surface area (Å²) in [6.07, 6.45) is 3.20. The van der Waals surface area contributed by atoms with Crippen molar-refractivity contribution in [2.24, 2.45) is 7.05 Å². The van der Waals surface area contributed by atoms with Crippen LogP contribution in [0, 0.1) is 17.5 Å². The molecule has 0 saturated heterocycles. The van der Waals surface area contributed by atoms with Crippen molar-refractivity contribution in [3.8, 4) is 10.7 Å². The first-order chi connectivity index (χ1) is 22.8. The van der Waals surface area contributed by atoms with Gasteiger partial charge in [0.2, 0.25) is 0 Å². The van der Waals surface area contributed by atoms with E-state index < -0.39 is 35.2 Å². The van der Waals surface area contributed by atoms with E-state index in [1.165, 1.54) is 17.4 Å². The molecule has 0 aliphatic carbocycles. The second-order valence-electron chi connectivity index (χ2n) is 12.0. The van der Waals surface area contributed by atoms with Crippen molar-refractivity contribution in [2.45, 2.75) is 39.3 Å². The van der Waals surface area contributed by atoms with Gasteiger partial charge >= 0.3 is 12.1 Å². The number of aromatic nitrogens is 3. The first kappa shape index (κ1) is 34.4. The van der Waals surface area contributed by atoms with Crippen LogP contribution in [0.15, 0.2) is 60.9 Å². The monoisotopic (exact) mass is 680 g/mol. The molecular weight excluding hydrogens is 645 g/mol. The Balaban J connectivity index is 1.31. The third-order valence-corrected chi connectivity index (χ3v) is 8.44. The van der Waals surface area contributed by atoms with Gasteiger partial charge in [-0.25, -0.2) is 27.7 Å². The van der Waals surface area contributed by atoms with Crippen molar-refractivity contribution < 1.29 is 32.2 Å². The van der Waals surface area contributed by atoms with Crippen LogP contribution in [0.1, 0.15) is 37.6 Å². The number of hydrogen-bond donors (Lipinski definition) is 2. The fourth-order valence-corrected chi connectivity index (χ4v) is 6.03. The molecule has 0 radical (unpaired) electrons. The average Bonchev–Trinajstić information content (AvgIpc) is 3.60. The summed E-state index contributed by atoms with van der Waals surface area (Å²) in [5, 5.41) is 4.73. The molecule has 0 aliphatic heterocycles. The van der Waals surface area contributed by atoms with Crippen LogP contribution in [-0.4, -0.2) is 57.4 Å². The molecule has 48 heavy (non-hydrogen) atoms. The number of thiophene rings is 1. The molecule has 0 bridgehead atoms. The molecule has 0 saturated carbocycles. The lowest BCUT2D eigenvalue weighted by Gasteiger charge is -2.27. The van der Waals surface area contributed by atoms with Gasteiger partial charge in [0.1, 0.15) is 28.9 Å². The lowest BCUT2D eigenvalue weighted by molar-refractivity contribution is 0.0180. The largest absolute Gasteiger partial charge is 0.444 e. The topological polar surface area (TPSA) is 111 Å². The number of fused-ring (bicyclic) bond motifs is 1. The lowest BCUT2D eigenvalue weighted by Crippen LogP contribution is -2.38. The van der Waals surface area contributed by atoms with E-state index in [4.69, 9.17) is 9.47 Å². The van der Waals surface area contributed by atoms with Gasteiger partial charge in [-0.1, -0.05) is 6.07 Å². The van der Waals surface area contributed by atoms with Crippen LogP contribution in [0.25, 0.3) is 20.9 Å². The number of pyridine rings is 1. The smallest absolute Gasteiger partial charge is 0.410 e. The van der Waals surface area contributed by atoms with Crippen LogP contribution < -0.4 is 10.6 Å². The number of nitrogens with one attached hydrogen (secondary N) is 2. The number of halogens is 3. The third-order valence-electron chi connectivity index (χ3n) is 7.24. The van der Waals surface area contributed by atoms with E-state index in [0.29, 0.717) is 30.6 Å². The molecule has 0 atom stereocenters. The Kier molecular flexibility index (Phi) is 10.3. The normalized spacial score (nSPS) is 11.5. The van der Waals surface area contributed by atoms with E-state index in [2.05, 4.69) is 20.6 Å². The van der Waals surface area contributed by atoms with E-state index in [-0.39, 0.29) is 24.3 Å². The van der Waals surface area contributed by atoms with E-state index in [1.807, 2.05) is 44.5 Å². The summed E-state index contributed by atoms with van der Waals surface area (Å²) < 4.78 is 55.8. The number of benzene rings is 2. The molecule has 3 amide bonds. The Bertz CT molecular complexity index is 1960. The van der Waals surface area contributed by atoms with Crippen molar-refractivity contribution >= 4 is 45.1 Å². The van der Waals surface area contributed by atoms with Crippen molar-refractivity contribution in [1.29, 1.82) is 0 Å².